The first-order valence-electron chi connectivity index (χ1n) is 8.27. The van der Waals surface area contributed by atoms with Gasteiger partial charge < -0.3 is 10.1 Å². The molecule has 0 saturated heterocycles. The third-order valence-corrected chi connectivity index (χ3v) is 5.80. The molecule has 0 unspecified atom stereocenters. The van der Waals surface area contributed by atoms with Gasteiger partial charge >= 0.3 is 5.97 Å². The van der Waals surface area contributed by atoms with Gasteiger partial charge in [0.25, 0.3) is 11.6 Å². The molecular formula is C18H19N3O7S. The number of nitrogens with one attached hydrogen (secondary N) is 1. The van der Waals surface area contributed by atoms with Crippen LogP contribution in [-0.2, 0) is 19.6 Å². The number of sulfonamides is 1. The van der Waals surface area contributed by atoms with Crippen LogP contribution in [0.5, 0.6) is 0 Å². The lowest BCUT2D eigenvalue weighted by molar-refractivity contribution is -0.385. The van der Waals surface area contributed by atoms with E-state index in [0.29, 0.717) is 5.69 Å². The van der Waals surface area contributed by atoms with Gasteiger partial charge in [-0.2, -0.15) is 0 Å². The van der Waals surface area contributed by atoms with Crippen molar-refractivity contribution in [2.75, 3.05) is 26.0 Å². The van der Waals surface area contributed by atoms with E-state index in [4.69, 9.17) is 4.74 Å². The highest BCUT2D eigenvalue weighted by Crippen LogP contribution is 2.22. The fourth-order valence-corrected chi connectivity index (χ4v) is 3.27. The lowest BCUT2D eigenvalue weighted by Gasteiger charge is -2.12. The van der Waals surface area contributed by atoms with E-state index >= 15 is 0 Å². The molecular weight excluding hydrogens is 402 g/mol. The minimum Gasteiger partial charge on any atom is -0.452 e. The van der Waals surface area contributed by atoms with Gasteiger partial charge in [0.1, 0.15) is 0 Å². The maximum atomic E-state index is 12.1. The molecule has 1 N–H and O–H groups in total. The van der Waals surface area contributed by atoms with Crippen LogP contribution < -0.4 is 5.32 Å². The maximum absolute atomic E-state index is 12.1. The van der Waals surface area contributed by atoms with E-state index in [0.717, 1.165) is 4.31 Å². The molecule has 0 heterocycles. The average molecular weight is 421 g/mol. The molecule has 0 aliphatic heterocycles. The number of amides is 1. The number of carbonyl (C=O) groups is 2. The Kier molecular flexibility index (Phi) is 6.67. The Bertz CT molecular complexity index is 1050. The number of esters is 1. The second-order valence-electron chi connectivity index (χ2n) is 6.14. The minimum absolute atomic E-state index is 0.00903. The van der Waals surface area contributed by atoms with Crippen molar-refractivity contribution in [1.29, 1.82) is 0 Å². The number of nitro benzene ring substituents is 1. The molecule has 0 aliphatic rings. The largest absolute Gasteiger partial charge is 0.452 e. The summed E-state index contributed by atoms with van der Waals surface area (Å²) >= 11 is 0. The van der Waals surface area contributed by atoms with Gasteiger partial charge in [-0.3, -0.25) is 14.9 Å². The van der Waals surface area contributed by atoms with Gasteiger partial charge in [0, 0.05) is 31.4 Å². The molecule has 1 amide bonds. The van der Waals surface area contributed by atoms with Crippen LogP contribution in [0.15, 0.2) is 47.4 Å². The minimum atomic E-state index is -3.58. The normalized spacial score (nSPS) is 11.2. The molecule has 2 aromatic carbocycles. The van der Waals surface area contributed by atoms with E-state index in [1.165, 1.54) is 63.5 Å². The summed E-state index contributed by atoms with van der Waals surface area (Å²) in [6.07, 6.45) is 0. The van der Waals surface area contributed by atoms with Crippen molar-refractivity contribution in [2.45, 2.75) is 11.8 Å². The maximum Gasteiger partial charge on any atom is 0.339 e. The van der Waals surface area contributed by atoms with E-state index in [9.17, 15) is 28.1 Å². The molecule has 0 atom stereocenters. The molecule has 0 fully saturated rings. The molecule has 154 valence electrons. The Labute approximate surface area is 167 Å². The topological polar surface area (TPSA) is 136 Å². The number of anilines is 1. The smallest absolute Gasteiger partial charge is 0.339 e. The van der Waals surface area contributed by atoms with Gasteiger partial charge in [-0.25, -0.2) is 17.5 Å². The molecule has 0 aliphatic carbocycles. The first kappa shape index (κ1) is 22.0. The molecule has 0 bridgehead atoms. The summed E-state index contributed by atoms with van der Waals surface area (Å²) in [4.78, 5) is 34.5. The Morgan fingerprint density at radius 2 is 1.76 bits per heavy atom. The second kappa shape index (κ2) is 8.80. The van der Waals surface area contributed by atoms with Crippen LogP contribution in [-0.4, -0.2) is 50.2 Å². The highest BCUT2D eigenvalue weighted by Gasteiger charge is 2.20. The molecule has 2 aromatic rings. The van der Waals surface area contributed by atoms with E-state index in [1.807, 2.05) is 0 Å². The summed E-state index contributed by atoms with van der Waals surface area (Å²) in [5.74, 6) is -1.52. The van der Waals surface area contributed by atoms with Crippen molar-refractivity contribution >= 4 is 33.3 Å². The van der Waals surface area contributed by atoms with Crippen LogP contribution in [0, 0.1) is 17.0 Å². The molecule has 2 rings (SSSR count). The molecule has 10 nitrogen and oxygen atoms in total. The lowest BCUT2D eigenvalue weighted by atomic mass is 10.1. The van der Waals surface area contributed by atoms with Crippen molar-refractivity contribution in [3.63, 3.8) is 0 Å². The van der Waals surface area contributed by atoms with Crippen LogP contribution in [0.2, 0.25) is 0 Å². The number of hydrogen-bond acceptors (Lipinski definition) is 7. The fourth-order valence-electron chi connectivity index (χ4n) is 2.37. The first-order chi connectivity index (χ1) is 13.5. The molecule has 29 heavy (non-hydrogen) atoms. The van der Waals surface area contributed by atoms with Crippen molar-refractivity contribution in [3.8, 4) is 0 Å². The Morgan fingerprint density at radius 3 is 2.31 bits per heavy atom. The lowest BCUT2D eigenvalue weighted by Crippen LogP contribution is -2.23. The van der Waals surface area contributed by atoms with Crippen LogP contribution in [0.1, 0.15) is 15.9 Å². The molecule has 0 spiro atoms. The van der Waals surface area contributed by atoms with Gasteiger partial charge in [-0.15, -0.1) is 0 Å². The number of benzene rings is 2. The van der Waals surface area contributed by atoms with Gasteiger partial charge in [0.2, 0.25) is 10.0 Å². The summed E-state index contributed by atoms with van der Waals surface area (Å²) in [5.41, 5.74) is 0.220. The zero-order valence-corrected chi connectivity index (χ0v) is 16.7. The van der Waals surface area contributed by atoms with Crippen LogP contribution in [0.3, 0.4) is 0 Å². The average Bonchev–Trinajstić information content (AvgIpc) is 2.66. The van der Waals surface area contributed by atoms with Gasteiger partial charge in [0.15, 0.2) is 6.61 Å². The predicted molar refractivity (Wildman–Crippen MR) is 104 cm³/mol. The van der Waals surface area contributed by atoms with Crippen LogP contribution in [0.4, 0.5) is 11.4 Å². The number of rotatable bonds is 7. The van der Waals surface area contributed by atoms with Crippen molar-refractivity contribution in [3.05, 3.63) is 63.7 Å². The molecule has 11 heteroatoms. The zero-order chi connectivity index (χ0) is 21.8. The second-order valence-corrected chi connectivity index (χ2v) is 8.29. The van der Waals surface area contributed by atoms with Crippen LogP contribution in [0.25, 0.3) is 0 Å². The highest BCUT2D eigenvalue weighted by molar-refractivity contribution is 7.89. The number of ether oxygens (including phenoxy) is 1. The predicted octanol–water partition coefficient (Wildman–Crippen LogP) is 1.95. The summed E-state index contributed by atoms with van der Waals surface area (Å²) in [6.45, 7) is 0.802. The molecule has 0 radical (unpaired) electrons. The number of nitrogens with zero attached hydrogens (tertiary/aromatic N) is 2. The summed E-state index contributed by atoms with van der Waals surface area (Å²) < 4.78 is 30.0. The Balaban J connectivity index is 1.99. The number of carbonyl (C=O) groups excluding carboxylic acids is 2. The Morgan fingerprint density at radius 1 is 1.14 bits per heavy atom. The van der Waals surface area contributed by atoms with Crippen molar-refractivity contribution < 1.29 is 27.7 Å². The van der Waals surface area contributed by atoms with Crippen LogP contribution >= 0.6 is 0 Å². The first-order valence-corrected chi connectivity index (χ1v) is 9.71. The molecule has 0 aromatic heterocycles. The third-order valence-electron chi connectivity index (χ3n) is 3.97. The quantitative estimate of drug-likeness (QED) is 0.410. The SMILES string of the molecule is Cc1c(C(=O)OCC(=O)Nc2ccc(S(=O)(=O)N(C)C)cc2)cccc1[N+](=O)[O-]. The fraction of sp³-hybridized carbons (Fsp3) is 0.222. The van der Waals surface area contributed by atoms with Gasteiger partial charge in [0.05, 0.1) is 15.4 Å². The summed E-state index contributed by atoms with van der Waals surface area (Å²) in [5, 5.41) is 13.4. The van der Waals surface area contributed by atoms with Crippen molar-refractivity contribution in [1.82, 2.24) is 4.31 Å². The van der Waals surface area contributed by atoms with Gasteiger partial charge in [-0.05, 0) is 37.3 Å². The zero-order valence-electron chi connectivity index (χ0n) is 15.9. The van der Waals surface area contributed by atoms with Gasteiger partial charge in [-0.1, -0.05) is 6.07 Å². The Hall–Kier alpha value is -3.31. The summed E-state index contributed by atoms with van der Waals surface area (Å²) in [6, 6.07) is 9.46. The number of nitro groups is 1. The van der Waals surface area contributed by atoms with E-state index < -0.39 is 33.4 Å². The van der Waals surface area contributed by atoms with E-state index in [-0.39, 0.29) is 21.7 Å². The van der Waals surface area contributed by atoms with E-state index in [2.05, 4.69) is 5.32 Å². The third kappa shape index (κ3) is 5.15. The number of hydrogen-bond donors (Lipinski definition) is 1. The molecule has 0 saturated carbocycles. The summed E-state index contributed by atoms with van der Waals surface area (Å²) in [7, 11) is -0.774. The standard InChI is InChI=1S/C18H19N3O7S/c1-12-15(5-4-6-16(12)21(24)25)18(23)28-11-17(22)19-13-7-9-14(10-8-13)29(26,27)20(2)3/h4-10H,11H2,1-3H3,(H,19,22). The van der Waals surface area contributed by atoms with Crippen molar-refractivity contribution in [2.24, 2.45) is 0 Å². The monoisotopic (exact) mass is 421 g/mol. The highest BCUT2D eigenvalue weighted by atomic mass is 32.2. The van der Waals surface area contributed by atoms with E-state index in [1.54, 1.807) is 0 Å².